The van der Waals surface area contributed by atoms with Crippen molar-refractivity contribution in [2.75, 3.05) is 11.0 Å². The van der Waals surface area contributed by atoms with E-state index in [1.54, 1.807) is 53.3 Å². The molecule has 0 spiro atoms. The predicted molar refractivity (Wildman–Crippen MR) is 130 cm³/mol. The summed E-state index contributed by atoms with van der Waals surface area (Å²) in [5, 5.41) is 0. The Bertz CT molecular complexity index is 1680. The predicted octanol–water partition coefficient (Wildman–Crippen LogP) is 5.17. The van der Waals surface area contributed by atoms with E-state index < -0.39 is 25.4 Å². The van der Waals surface area contributed by atoms with Crippen molar-refractivity contribution in [3.8, 4) is 11.1 Å². The van der Waals surface area contributed by atoms with Crippen LogP contribution in [-0.2, 0) is 19.9 Å². The van der Waals surface area contributed by atoms with Crippen molar-refractivity contribution in [3.05, 3.63) is 78.1 Å². The second-order valence-electron chi connectivity index (χ2n) is 8.74. The summed E-state index contributed by atoms with van der Waals surface area (Å²) in [5.41, 5.74) is -2.48. The van der Waals surface area contributed by atoms with E-state index in [-0.39, 0.29) is 22.4 Å². The van der Waals surface area contributed by atoms with E-state index in [4.69, 9.17) is 0 Å². The van der Waals surface area contributed by atoms with Crippen molar-refractivity contribution >= 4 is 36.6 Å². The summed E-state index contributed by atoms with van der Waals surface area (Å²) in [5.74, 6) is 1.07. The van der Waals surface area contributed by atoms with E-state index >= 15 is 0 Å². The minimum atomic E-state index is -5.57. The number of hydrogen-bond donors (Lipinski definition) is 2. The van der Waals surface area contributed by atoms with Gasteiger partial charge in [-0.25, -0.2) is 13.4 Å². The number of nitrogens with one attached hydrogen (secondary N) is 2. The van der Waals surface area contributed by atoms with Crippen molar-refractivity contribution < 1.29 is 30.0 Å². The SMILES string of the molecule is CS(=O)(=O)c1ccc(C2CC2c2nc3ccc(-c4ccccc4NS(=O)(=O)C(F)(F)F)cc3[nH]2)cc1. The molecule has 1 heterocycles. The van der Waals surface area contributed by atoms with Crippen LogP contribution in [0.2, 0.25) is 0 Å². The number of alkyl halides is 3. The maximum Gasteiger partial charge on any atom is 0.516 e. The number of rotatable bonds is 6. The summed E-state index contributed by atoms with van der Waals surface area (Å²) in [6.07, 6.45) is 2.00. The van der Waals surface area contributed by atoms with Crippen LogP contribution in [0.25, 0.3) is 22.2 Å². The summed E-state index contributed by atoms with van der Waals surface area (Å²) >= 11 is 0. The monoisotopic (exact) mass is 535 g/mol. The molecule has 1 aliphatic carbocycles. The molecular formula is C24H20F3N3O4S2. The number of sulfone groups is 1. The fraction of sp³-hybridized carbons (Fsp3) is 0.208. The van der Waals surface area contributed by atoms with Gasteiger partial charge in [-0.3, -0.25) is 4.72 Å². The highest BCUT2D eigenvalue weighted by molar-refractivity contribution is 7.93. The van der Waals surface area contributed by atoms with Crippen LogP contribution < -0.4 is 4.72 Å². The molecule has 2 atom stereocenters. The van der Waals surface area contributed by atoms with Crippen LogP contribution in [0.5, 0.6) is 0 Å². The van der Waals surface area contributed by atoms with E-state index in [9.17, 15) is 30.0 Å². The molecule has 5 rings (SSSR count). The lowest BCUT2D eigenvalue weighted by atomic mass is 10.0. The fourth-order valence-electron chi connectivity index (χ4n) is 4.23. The standard InChI is InChI=1S/C24H20F3N3O4S2/c1-35(31,32)16-9-6-14(7-10-16)18-13-19(18)23-28-21-11-8-15(12-22(21)29-23)17-4-2-3-5-20(17)30-36(33,34)24(25,26)27/h2-12,18-19,30H,13H2,1H3,(H,28,29). The molecule has 2 N–H and O–H groups in total. The third kappa shape index (κ3) is 4.58. The number of H-pyrrole nitrogens is 1. The van der Waals surface area contributed by atoms with Gasteiger partial charge in [-0.15, -0.1) is 0 Å². The van der Waals surface area contributed by atoms with Crippen LogP contribution in [0.15, 0.2) is 71.6 Å². The van der Waals surface area contributed by atoms with Crippen molar-refractivity contribution in [3.63, 3.8) is 0 Å². The van der Waals surface area contributed by atoms with E-state index in [0.29, 0.717) is 22.2 Å². The normalized spacial score (nSPS) is 18.3. The Balaban J connectivity index is 1.41. The van der Waals surface area contributed by atoms with Gasteiger partial charge in [-0.2, -0.15) is 21.6 Å². The second kappa shape index (κ2) is 8.34. The van der Waals surface area contributed by atoms with Gasteiger partial charge in [0.2, 0.25) is 0 Å². The van der Waals surface area contributed by atoms with Gasteiger partial charge in [0, 0.05) is 17.7 Å². The summed E-state index contributed by atoms with van der Waals surface area (Å²) in [7, 11) is -8.84. The van der Waals surface area contributed by atoms with Crippen molar-refractivity contribution in [2.24, 2.45) is 0 Å². The largest absolute Gasteiger partial charge is 0.516 e. The van der Waals surface area contributed by atoms with Crippen molar-refractivity contribution in [1.82, 2.24) is 9.97 Å². The Morgan fingerprint density at radius 1 is 0.944 bits per heavy atom. The second-order valence-corrected chi connectivity index (χ2v) is 12.4. The fourth-order valence-corrected chi connectivity index (χ4v) is 5.44. The number of hydrogen-bond acceptors (Lipinski definition) is 5. The van der Waals surface area contributed by atoms with E-state index in [1.165, 1.54) is 18.2 Å². The molecule has 4 aromatic rings. The highest BCUT2D eigenvalue weighted by Crippen LogP contribution is 2.54. The Morgan fingerprint density at radius 2 is 1.64 bits per heavy atom. The molecule has 2 unspecified atom stereocenters. The Kier molecular flexibility index (Phi) is 5.63. The minimum Gasteiger partial charge on any atom is -0.342 e. The minimum absolute atomic E-state index is 0.121. The summed E-state index contributed by atoms with van der Waals surface area (Å²) in [6, 6.07) is 17.7. The molecule has 0 aliphatic heterocycles. The zero-order chi connectivity index (χ0) is 25.9. The topological polar surface area (TPSA) is 109 Å². The molecule has 0 amide bonds. The molecule has 7 nitrogen and oxygen atoms in total. The third-order valence-corrected chi connectivity index (χ3v) is 8.39. The van der Waals surface area contributed by atoms with Gasteiger partial charge < -0.3 is 4.98 Å². The number of sulfonamides is 1. The average molecular weight is 536 g/mol. The molecule has 188 valence electrons. The van der Waals surface area contributed by atoms with Crippen molar-refractivity contribution in [2.45, 2.75) is 28.7 Å². The molecule has 1 aliphatic rings. The first-order valence-electron chi connectivity index (χ1n) is 10.8. The number of anilines is 1. The number of nitrogens with zero attached hydrogens (tertiary/aromatic N) is 1. The Morgan fingerprint density at radius 3 is 2.31 bits per heavy atom. The van der Waals surface area contributed by atoms with Gasteiger partial charge in [-0.1, -0.05) is 36.4 Å². The number of halogens is 3. The van der Waals surface area contributed by atoms with Gasteiger partial charge >= 0.3 is 15.5 Å². The quantitative estimate of drug-likeness (QED) is 0.354. The summed E-state index contributed by atoms with van der Waals surface area (Å²) < 4.78 is 86.9. The molecule has 0 bridgehead atoms. The number of imidazole rings is 1. The zero-order valence-electron chi connectivity index (χ0n) is 18.7. The molecule has 1 fully saturated rings. The van der Waals surface area contributed by atoms with Gasteiger partial charge in [0.25, 0.3) is 0 Å². The molecule has 3 aromatic carbocycles. The van der Waals surface area contributed by atoms with Crippen LogP contribution in [0.1, 0.15) is 29.6 Å². The molecule has 36 heavy (non-hydrogen) atoms. The van der Waals surface area contributed by atoms with E-state index in [2.05, 4.69) is 9.97 Å². The molecule has 12 heteroatoms. The summed E-state index contributed by atoms with van der Waals surface area (Å²) in [4.78, 5) is 8.18. The number of aromatic amines is 1. The maximum atomic E-state index is 12.9. The smallest absolute Gasteiger partial charge is 0.342 e. The van der Waals surface area contributed by atoms with Crippen LogP contribution in [-0.4, -0.2) is 38.6 Å². The lowest BCUT2D eigenvalue weighted by Gasteiger charge is -2.14. The molecule has 0 saturated heterocycles. The van der Waals surface area contributed by atoms with Crippen LogP contribution in [0, 0.1) is 0 Å². The van der Waals surface area contributed by atoms with Crippen LogP contribution in [0.3, 0.4) is 0 Å². The Labute approximate surface area is 205 Å². The number of fused-ring (bicyclic) bond motifs is 1. The van der Waals surface area contributed by atoms with Crippen LogP contribution >= 0.6 is 0 Å². The van der Waals surface area contributed by atoms with Gasteiger partial charge in [0.05, 0.1) is 21.6 Å². The highest BCUT2D eigenvalue weighted by Gasteiger charge is 2.46. The summed E-state index contributed by atoms with van der Waals surface area (Å²) in [6.45, 7) is 0. The van der Waals surface area contributed by atoms with E-state index in [0.717, 1.165) is 24.1 Å². The van der Waals surface area contributed by atoms with Crippen molar-refractivity contribution in [1.29, 1.82) is 0 Å². The Hall–Kier alpha value is -3.38. The van der Waals surface area contributed by atoms with Crippen LogP contribution in [0.4, 0.5) is 18.9 Å². The first kappa shape index (κ1) is 24.3. The third-order valence-electron chi connectivity index (χ3n) is 6.17. The maximum absolute atomic E-state index is 12.9. The lowest BCUT2D eigenvalue weighted by Crippen LogP contribution is -2.30. The van der Waals surface area contributed by atoms with Gasteiger partial charge in [-0.05, 0) is 53.8 Å². The van der Waals surface area contributed by atoms with Gasteiger partial charge in [0.1, 0.15) is 5.82 Å². The molecular weight excluding hydrogens is 515 g/mol. The number of benzene rings is 3. The zero-order valence-corrected chi connectivity index (χ0v) is 20.4. The molecule has 0 radical (unpaired) electrons. The van der Waals surface area contributed by atoms with Gasteiger partial charge in [0.15, 0.2) is 9.84 Å². The molecule has 1 aromatic heterocycles. The average Bonchev–Trinajstić information content (AvgIpc) is 3.49. The number of aromatic nitrogens is 2. The lowest BCUT2D eigenvalue weighted by molar-refractivity contribution is -0.0429. The number of para-hydroxylation sites is 1. The highest BCUT2D eigenvalue weighted by atomic mass is 32.2. The first-order valence-corrected chi connectivity index (χ1v) is 14.2. The van der Waals surface area contributed by atoms with E-state index in [1.807, 2.05) is 0 Å². The molecule has 1 saturated carbocycles. The first-order chi connectivity index (χ1) is 16.8.